The molecule has 0 radical (unpaired) electrons. The Morgan fingerprint density at radius 3 is 2.36 bits per heavy atom. The maximum atomic E-state index is 6.07. The molecule has 1 fully saturated rings. The Balaban J connectivity index is 1.47. The number of fused-ring (bicyclic) bond motifs is 1. The Morgan fingerprint density at radius 2 is 1.61 bits per heavy atom. The Kier molecular flexibility index (Phi) is 4.58. The molecule has 28 heavy (non-hydrogen) atoms. The van der Waals surface area contributed by atoms with Gasteiger partial charge in [-0.2, -0.15) is 0 Å². The SMILES string of the molecule is Clc1ccc(-c2csc3ncnc(N4CCN(c5cc[nH+]cc5)CC4)c23)cc1. The molecule has 0 amide bonds. The summed E-state index contributed by atoms with van der Waals surface area (Å²) in [6.45, 7) is 3.80. The van der Waals surface area contributed by atoms with Gasteiger partial charge in [-0.25, -0.2) is 15.0 Å². The van der Waals surface area contributed by atoms with Crippen molar-refractivity contribution in [3.05, 3.63) is 65.5 Å². The van der Waals surface area contributed by atoms with E-state index in [1.165, 1.54) is 11.3 Å². The van der Waals surface area contributed by atoms with Gasteiger partial charge in [-0.05, 0) is 17.7 Å². The van der Waals surface area contributed by atoms with Gasteiger partial charge in [-0.3, -0.25) is 0 Å². The van der Waals surface area contributed by atoms with Crippen molar-refractivity contribution in [3.8, 4) is 11.1 Å². The van der Waals surface area contributed by atoms with Gasteiger partial charge in [0.15, 0.2) is 12.4 Å². The minimum atomic E-state index is 0.745. The highest BCUT2D eigenvalue weighted by Crippen LogP contribution is 2.38. The van der Waals surface area contributed by atoms with Crippen LogP contribution in [0, 0.1) is 0 Å². The van der Waals surface area contributed by atoms with E-state index in [0.29, 0.717) is 0 Å². The Morgan fingerprint density at radius 1 is 0.893 bits per heavy atom. The number of nitrogens with zero attached hydrogens (tertiary/aromatic N) is 4. The molecule has 0 saturated carbocycles. The number of halogens is 1. The number of hydrogen-bond donors (Lipinski definition) is 0. The quantitative estimate of drug-likeness (QED) is 0.510. The van der Waals surface area contributed by atoms with Crippen LogP contribution < -0.4 is 14.8 Å². The van der Waals surface area contributed by atoms with Gasteiger partial charge in [0.1, 0.15) is 17.0 Å². The monoisotopic (exact) mass is 408 g/mol. The summed E-state index contributed by atoms with van der Waals surface area (Å²) in [4.78, 5) is 18.1. The van der Waals surface area contributed by atoms with Crippen molar-refractivity contribution in [2.24, 2.45) is 0 Å². The molecule has 0 bridgehead atoms. The minimum Gasteiger partial charge on any atom is -0.368 e. The standard InChI is InChI=1S/C21H18ClN5S/c22-16-3-1-15(2-4-16)18-13-28-21-19(18)20(24-14-25-21)27-11-9-26(10-12-27)17-5-7-23-8-6-17/h1-8,13-14H,9-12H2/p+1. The number of rotatable bonds is 3. The third-order valence-electron chi connectivity index (χ3n) is 5.15. The normalized spacial score (nSPS) is 14.6. The summed E-state index contributed by atoms with van der Waals surface area (Å²) >= 11 is 7.74. The highest BCUT2D eigenvalue weighted by molar-refractivity contribution is 7.17. The molecule has 0 aliphatic carbocycles. The van der Waals surface area contributed by atoms with E-state index in [1.807, 2.05) is 24.5 Å². The zero-order chi connectivity index (χ0) is 18.9. The van der Waals surface area contributed by atoms with E-state index in [9.17, 15) is 0 Å². The van der Waals surface area contributed by atoms with Crippen molar-refractivity contribution in [1.82, 2.24) is 9.97 Å². The van der Waals surface area contributed by atoms with Crippen LogP contribution in [0.5, 0.6) is 0 Å². The zero-order valence-electron chi connectivity index (χ0n) is 15.2. The van der Waals surface area contributed by atoms with E-state index in [0.717, 1.165) is 52.8 Å². The number of pyridine rings is 1. The number of piperazine rings is 1. The Hall–Kier alpha value is -2.70. The summed E-state index contributed by atoms with van der Waals surface area (Å²) in [6.07, 6.45) is 5.62. The predicted molar refractivity (Wildman–Crippen MR) is 115 cm³/mol. The molecule has 1 aliphatic rings. The van der Waals surface area contributed by atoms with Crippen LogP contribution in [0.25, 0.3) is 21.3 Å². The molecule has 140 valence electrons. The molecular weight excluding hydrogens is 390 g/mol. The van der Waals surface area contributed by atoms with Gasteiger partial charge in [0, 0.05) is 60.0 Å². The van der Waals surface area contributed by atoms with Crippen LogP contribution in [-0.2, 0) is 0 Å². The molecule has 1 N–H and O–H groups in total. The molecule has 0 unspecified atom stereocenters. The number of thiophene rings is 1. The van der Waals surface area contributed by atoms with Crippen molar-refractivity contribution in [1.29, 1.82) is 0 Å². The van der Waals surface area contributed by atoms with Crippen molar-refractivity contribution >= 4 is 44.7 Å². The molecule has 7 heteroatoms. The molecule has 4 aromatic rings. The average Bonchev–Trinajstić information content (AvgIpc) is 3.19. The van der Waals surface area contributed by atoms with Crippen LogP contribution in [0.3, 0.4) is 0 Å². The number of benzene rings is 1. The number of nitrogens with one attached hydrogen (secondary N) is 1. The summed E-state index contributed by atoms with van der Waals surface area (Å²) in [5, 5.41) is 4.05. The van der Waals surface area contributed by atoms with E-state index in [1.54, 1.807) is 17.7 Å². The highest BCUT2D eigenvalue weighted by atomic mass is 35.5. The number of aromatic nitrogens is 3. The summed E-state index contributed by atoms with van der Waals surface area (Å²) in [6, 6.07) is 12.2. The van der Waals surface area contributed by atoms with Crippen LogP contribution in [0.15, 0.2) is 60.5 Å². The maximum absolute atomic E-state index is 6.07. The van der Waals surface area contributed by atoms with Crippen molar-refractivity contribution in [2.75, 3.05) is 36.0 Å². The van der Waals surface area contributed by atoms with Crippen LogP contribution >= 0.6 is 22.9 Å². The third kappa shape index (κ3) is 3.19. The zero-order valence-corrected chi connectivity index (χ0v) is 16.7. The van der Waals surface area contributed by atoms with Crippen molar-refractivity contribution < 1.29 is 4.98 Å². The average molecular weight is 409 g/mol. The van der Waals surface area contributed by atoms with E-state index in [4.69, 9.17) is 11.6 Å². The van der Waals surface area contributed by atoms with E-state index in [2.05, 4.69) is 54.4 Å². The lowest BCUT2D eigenvalue weighted by Crippen LogP contribution is -2.47. The molecular formula is C21H19ClN5S+. The lowest BCUT2D eigenvalue weighted by molar-refractivity contribution is -0.377. The summed E-state index contributed by atoms with van der Waals surface area (Å²) in [5.74, 6) is 1.03. The molecule has 4 heterocycles. The lowest BCUT2D eigenvalue weighted by atomic mass is 10.1. The van der Waals surface area contributed by atoms with Gasteiger partial charge >= 0.3 is 0 Å². The number of anilines is 2. The predicted octanol–water partition coefficient (Wildman–Crippen LogP) is 4.15. The fraction of sp³-hybridized carbons (Fsp3) is 0.190. The van der Waals surface area contributed by atoms with Crippen LogP contribution in [0.1, 0.15) is 0 Å². The van der Waals surface area contributed by atoms with E-state index >= 15 is 0 Å². The smallest absolute Gasteiger partial charge is 0.169 e. The Labute approximate surface area is 172 Å². The number of hydrogen-bond acceptors (Lipinski definition) is 5. The minimum absolute atomic E-state index is 0.745. The summed E-state index contributed by atoms with van der Waals surface area (Å²) in [7, 11) is 0. The van der Waals surface area contributed by atoms with Gasteiger partial charge in [-0.15, -0.1) is 11.3 Å². The van der Waals surface area contributed by atoms with E-state index < -0.39 is 0 Å². The molecule has 3 aromatic heterocycles. The first-order valence-corrected chi connectivity index (χ1v) is 10.5. The van der Waals surface area contributed by atoms with Gasteiger partial charge < -0.3 is 9.80 Å². The van der Waals surface area contributed by atoms with E-state index in [-0.39, 0.29) is 0 Å². The maximum Gasteiger partial charge on any atom is 0.169 e. The highest BCUT2D eigenvalue weighted by Gasteiger charge is 2.22. The third-order valence-corrected chi connectivity index (χ3v) is 6.29. The number of H-pyrrole nitrogens is 1. The van der Waals surface area contributed by atoms with Crippen molar-refractivity contribution in [3.63, 3.8) is 0 Å². The Bertz CT molecular complexity index is 1090. The first kappa shape index (κ1) is 17.4. The molecule has 1 aliphatic heterocycles. The van der Waals surface area contributed by atoms with Gasteiger partial charge in [0.25, 0.3) is 0 Å². The van der Waals surface area contributed by atoms with Crippen LogP contribution in [0.4, 0.5) is 11.5 Å². The molecule has 1 saturated heterocycles. The summed E-state index contributed by atoms with van der Waals surface area (Å²) in [5.41, 5.74) is 3.57. The summed E-state index contributed by atoms with van der Waals surface area (Å²) < 4.78 is 0. The molecule has 5 rings (SSSR count). The fourth-order valence-corrected chi connectivity index (χ4v) is 4.74. The molecule has 0 spiro atoms. The van der Waals surface area contributed by atoms with Gasteiger partial charge in [0.2, 0.25) is 0 Å². The lowest BCUT2D eigenvalue weighted by Gasteiger charge is -2.36. The number of aromatic amines is 1. The first-order valence-electron chi connectivity index (χ1n) is 9.24. The van der Waals surface area contributed by atoms with Crippen molar-refractivity contribution in [2.45, 2.75) is 0 Å². The largest absolute Gasteiger partial charge is 0.368 e. The fourth-order valence-electron chi connectivity index (χ4n) is 3.71. The topological polar surface area (TPSA) is 46.4 Å². The van der Waals surface area contributed by atoms with Crippen LogP contribution in [0.2, 0.25) is 5.02 Å². The second-order valence-electron chi connectivity index (χ2n) is 6.77. The van der Waals surface area contributed by atoms with Crippen LogP contribution in [-0.4, -0.2) is 36.1 Å². The molecule has 0 atom stereocenters. The second-order valence-corrected chi connectivity index (χ2v) is 8.06. The van der Waals surface area contributed by atoms with Gasteiger partial charge in [-0.1, -0.05) is 23.7 Å². The molecule has 1 aromatic carbocycles. The molecule has 5 nitrogen and oxygen atoms in total. The van der Waals surface area contributed by atoms with Gasteiger partial charge in [0.05, 0.1) is 5.39 Å². The first-order chi connectivity index (χ1) is 13.8. The second kappa shape index (κ2) is 7.37.